The van der Waals surface area contributed by atoms with E-state index in [0.29, 0.717) is 0 Å². The summed E-state index contributed by atoms with van der Waals surface area (Å²) in [7, 11) is 1.34. The third-order valence-corrected chi connectivity index (χ3v) is 2.85. The molecular formula is C13H15F3O3. The molecule has 19 heavy (non-hydrogen) atoms. The molecule has 0 saturated heterocycles. The van der Waals surface area contributed by atoms with Gasteiger partial charge in [0.25, 0.3) is 0 Å². The van der Waals surface area contributed by atoms with Gasteiger partial charge in [0.1, 0.15) is 5.75 Å². The quantitative estimate of drug-likeness (QED) is 0.916. The topological polar surface area (TPSA) is 46.5 Å². The van der Waals surface area contributed by atoms with Crippen molar-refractivity contribution >= 4 is 5.97 Å². The summed E-state index contributed by atoms with van der Waals surface area (Å²) >= 11 is 0. The Balaban J connectivity index is 3.34. The highest BCUT2D eigenvalue weighted by atomic mass is 19.4. The van der Waals surface area contributed by atoms with Crippen LogP contribution in [0, 0.1) is 0 Å². The van der Waals surface area contributed by atoms with Crippen molar-refractivity contribution in [2.75, 3.05) is 7.11 Å². The molecule has 0 fully saturated rings. The van der Waals surface area contributed by atoms with Crippen molar-refractivity contribution < 1.29 is 27.8 Å². The highest BCUT2D eigenvalue weighted by Gasteiger charge is 2.34. The number of carboxylic acid groups (broad SMARTS) is 1. The zero-order chi connectivity index (χ0) is 14.8. The van der Waals surface area contributed by atoms with Crippen molar-refractivity contribution in [3.63, 3.8) is 0 Å². The van der Waals surface area contributed by atoms with Gasteiger partial charge in [-0.25, -0.2) is 0 Å². The SMILES string of the molecule is COc1ccc(C(F)(F)F)cc1C(C)(C)CC(=O)O. The average Bonchev–Trinajstić information content (AvgIpc) is 2.25. The second kappa shape index (κ2) is 5.11. The normalized spacial score (nSPS) is 12.3. The third-order valence-electron chi connectivity index (χ3n) is 2.85. The molecule has 1 rings (SSSR count). The summed E-state index contributed by atoms with van der Waals surface area (Å²) in [4.78, 5) is 10.8. The summed E-state index contributed by atoms with van der Waals surface area (Å²) in [6.45, 7) is 3.14. The first kappa shape index (κ1) is 15.3. The molecule has 0 heterocycles. The number of benzene rings is 1. The molecule has 3 nitrogen and oxygen atoms in total. The predicted octanol–water partition coefficient (Wildman–Crippen LogP) is 3.47. The number of aliphatic carboxylic acids is 1. The first-order chi connectivity index (χ1) is 8.58. The van der Waals surface area contributed by atoms with Gasteiger partial charge in [0.05, 0.1) is 19.1 Å². The van der Waals surface area contributed by atoms with E-state index >= 15 is 0 Å². The molecule has 0 radical (unpaired) electrons. The Morgan fingerprint density at radius 2 is 1.89 bits per heavy atom. The standard InChI is InChI=1S/C13H15F3O3/c1-12(2,7-11(17)18)9-6-8(13(14,15)16)4-5-10(9)19-3/h4-6H,7H2,1-3H3,(H,17,18). The van der Waals surface area contributed by atoms with Crippen LogP contribution in [-0.2, 0) is 16.4 Å². The van der Waals surface area contributed by atoms with Crippen molar-refractivity contribution in [3.05, 3.63) is 29.3 Å². The van der Waals surface area contributed by atoms with Gasteiger partial charge in [-0.3, -0.25) is 4.79 Å². The van der Waals surface area contributed by atoms with Gasteiger partial charge in [-0.2, -0.15) is 13.2 Å². The lowest BCUT2D eigenvalue weighted by molar-refractivity contribution is -0.138. The number of alkyl halides is 3. The van der Waals surface area contributed by atoms with Gasteiger partial charge in [0.15, 0.2) is 0 Å². The lowest BCUT2D eigenvalue weighted by atomic mass is 9.80. The second-order valence-electron chi connectivity index (χ2n) is 4.87. The van der Waals surface area contributed by atoms with Gasteiger partial charge >= 0.3 is 12.1 Å². The van der Waals surface area contributed by atoms with E-state index in [0.717, 1.165) is 12.1 Å². The van der Waals surface area contributed by atoms with Crippen molar-refractivity contribution in [1.82, 2.24) is 0 Å². The Bertz CT molecular complexity index is 479. The molecule has 1 N–H and O–H groups in total. The highest BCUT2D eigenvalue weighted by Crippen LogP contribution is 2.39. The number of hydrogen-bond donors (Lipinski definition) is 1. The first-order valence-corrected chi connectivity index (χ1v) is 5.55. The minimum atomic E-state index is -4.47. The molecule has 0 aliphatic carbocycles. The molecule has 106 valence electrons. The van der Waals surface area contributed by atoms with E-state index in [4.69, 9.17) is 9.84 Å². The van der Waals surface area contributed by atoms with Crippen LogP contribution in [0.4, 0.5) is 13.2 Å². The van der Waals surface area contributed by atoms with Crippen molar-refractivity contribution in [3.8, 4) is 5.75 Å². The fourth-order valence-corrected chi connectivity index (χ4v) is 1.89. The van der Waals surface area contributed by atoms with Crippen LogP contribution < -0.4 is 4.74 Å². The van der Waals surface area contributed by atoms with Gasteiger partial charge < -0.3 is 9.84 Å². The Hall–Kier alpha value is -1.72. The number of methoxy groups -OCH3 is 1. The summed E-state index contributed by atoms with van der Waals surface area (Å²) < 4.78 is 43.1. The molecule has 0 unspecified atom stereocenters. The fraction of sp³-hybridized carbons (Fsp3) is 0.462. The van der Waals surface area contributed by atoms with Gasteiger partial charge in [0.2, 0.25) is 0 Å². The smallest absolute Gasteiger partial charge is 0.416 e. The first-order valence-electron chi connectivity index (χ1n) is 5.55. The highest BCUT2D eigenvalue weighted by molar-refractivity contribution is 5.69. The van der Waals surface area contributed by atoms with Gasteiger partial charge in [-0.15, -0.1) is 0 Å². The van der Waals surface area contributed by atoms with E-state index in [1.165, 1.54) is 13.2 Å². The number of rotatable bonds is 4. The molecule has 1 aromatic carbocycles. The van der Waals surface area contributed by atoms with Crippen LogP contribution in [0.2, 0.25) is 0 Å². The van der Waals surface area contributed by atoms with Crippen molar-refractivity contribution in [2.45, 2.75) is 31.9 Å². The minimum absolute atomic E-state index is 0.229. The largest absolute Gasteiger partial charge is 0.496 e. The van der Waals surface area contributed by atoms with Crippen molar-refractivity contribution in [1.29, 1.82) is 0 Å². The number of carboxylic acids is 1. The zero-order valence-electron chi connectivity index (χ0n) is 10.8. The number of ether oxygens (including phenoxy) is 1. The van der Waals surface area contributed by atoms with Crippen LogP contribution in [0.3, 0.4) is 0 Å². The number of carbonyl (C=O) groups is 1. The van der Waals surface area contributed by atoms with Gasteiger partial charge in [-0.1, -0.05) is 13.8 Å². The van der Waals surface area contributed by atoms with Crippen molar-refractivity contribution in [2.24, 2.45) is 0 Å². The summed E-state index contributed by atoms with van der Waals surface area (Å²) in [6, 6.07) is 3.07. The Labute approximate surface area is 109 Å². The summed E-state index contributed by atoms with van der Waals surface area (Å²) in [5.74, 6) is -0.830. The Morgan fingerprint density at radius 3 is 2.32 bits per heavy atom. The molecule has 0 amide bonds. The molecule has 0 aliphatic rings. The Morgan fingerprint density at radius 1 is 1.32 bits per heavy atom. The zero-order valence-corrected chi connectivity index (χ0v) is 10.8. The molecule has 0 bridgehead atoms. The van der Waals surface area contributed by atoms with Gasteiger partial charge in [-0.05, 0) is 18.2 Å². The molecule has 0 saturated carbocycles. The van der Waals surface area contributed by atoms with Crippen LogP contribution in [0.1, 0.15) is 31.4 Å². The van der Waals surface area contributed by atoms with Crippen LogP contribution in [0.15, 0.2) is 18.2 Å². The molecule has 0 atom stereocenters. The maximum Gasteiger partial charge on any atom is 0.416 e. The summed E-state index contributed by atoms with van der Waals surface area (Å²) in [5, 5.41) is 8.84. The maximum absolute atomic E-state index is 12.7. The van der Waals surface area contributed by atoms with Crippen LogP contribution in [-0.4, -0.2) is 18.2 Å². The summed E-state index contributed by atoms with van der Waals surface area (Å²) in [5.41, 5.74) is -1.55. The lowest BCUT2D eigenvalue weighted by Gasteiger charge is -2.26. The van der Waals surface area contributed by atoms with E-state index in [2.05, 4.69) is 0 Å². The van der Waals surface area contributed by atoms with E-state index in [1.807, 2.05) is 0 Å². The number of halogens is 3. The predicted molar refractivity (Wildman–Crippen MR) is 63.3 cm³/mol. The number of hydrogen-bond acceptors (Lipinski definition) is 2. The molecule has 0 aromatic heterocycles. The van der Waals surface area contributed by atoms with E-state index in [-0.39, 0.29) is 17.7 Å². The van der Waals surface area contributed by atoms with Crippen LogP contribution in [0.5, 0.6) is 5.75 Å². The molecule has 0 aliphatic heterocycles. The summed E-state index contributed by atoms with van der Waals surface area (Å²) in [6.07, 6.45) is -4.76. The monoisotopic (exact) mass is 276 g/mol. The minimum Gasteiger partial charge on any atom is -0.496 e. The van der Waals surface area contributed by atoms with Crippen LogP contribution >= 0.6 is 0 Å². The van der Waals surface area contributed by atoms with E-state index in [1.54, 1.807) is 13.8 Å². The van der Waals surface area contributed by atoms with E-state index < -0.39 is 23.1 Å². The molecule has 6 heteroatoms. The average molecular weight is 276 g/mol. The van der Waals surface area contributed by atoms with Crippen LogP contribution in [0.25, 0.3) is 0 Å². The third kappa shape index (κ3) is 3.62. The molecule has 1 aromatic rings. The second-order valence-corrected chi connectivity index (χ2v) is 4.87. The molecule has 0 spiro atoms. The van der Waals surface area contributed by atoms with Gasteiger partial charge in [0, 0.05) is 11.0 Å². The Kier molecular flexibility index (Phi) is 4.12. The van der Waals surface area contributed by atoms with E-state index in [9.17, 15) is 18.0 Å². The maximum atomic E-state index is 12.7. The fourth-order valence-electron chi connectivity index (χ4n) is 1.89. The molecular weight excluding hydrogens is 261 g/mol. The lowest BCUT2D eigenvalue weighted by Crippen LogP contribution is -2.23.